The largest absolute Gasteiger partial charge is 0.467 e. The number of hydrogen-bond donors (Lipinski definition) is 2. The lowest BCUT2D eigenvalue weighted by atomic mass is 10.4. The number of guanidine groups is 1. The Hall–Kier alpha value is -2.02. The third kappa shape index (κ3) is 4.29. The van der Waals surface area contributed by atoms with E-state index in [0.717, 1.165) is 0 Å². The van der Waals surface area contributed by atoms with Gasteiger partial charge in [0.2, 0.25) is 5.91 Å². The van der Waals surface area contributed by atoms with Crippen molar-refractivity contribution in [1.82, 2.24) is 10.2 Å². The molecule has 2 rings (SSSR count). The highest BCUT2D eigenvalue weighted by Gasteiger charge is 2.12. The van der Waals surface area contributed by atoms with Gasteiger partial charge in [0.25, 0.3) is 0 Å². The predicted molar refractivity (Wildman–Crippen MR) is 69.4 cm³/mol. The van der Waals surface area contributed by atoms with Crippen LogP contribution < -0.4 is 11.1 Å². The zero-order valence-electron chi connectivity index (χ0n) is 10.7. The van der Waals surface area contributed by atoms with Gasteiger partial charge in [-0.1, -0.05) is 0 Å². The van der Waals surface area contributed by atoms with Crippen molar-refractivity contribution >= 4 is 11.9 Å². The number of amides is 1. The highest BCUT2D eigenvalue weighted by molar-refractivity contribution is 5.84. The van der Waals surface area contributed by atoms with E-state index in [0.29, 0.717) is 44.6 Å². The Morgan fingerprint density at radius 1 is 1.47 bits per heavy atom. The Morgan fingerprint density at radius 3 is 2.95 bits per heavy atom. The van der Waals surface area contributed by atoms with Crippen molar-refractivity contribution < 1.29 is 13.9 Å². The van der Waals surface area contributed by atoms with Crippen molar-refractivity contribution in [2.45, 2.75) is 6.54 Å². The average Bonchev–Trinajstić information content (AvgIpc) is 2.96. The summed E-state index contributed by atoms with van der Waals surface area (Å²) >= 11 is 0. The lowest BCUT2D eigenvalue weighted by Crippen LogP contribution is -2.45. The van der Waals surface area contributed by atoms with Crippen LogP contribution in [-0.2, 0) is 16.1 Å². The van der Waals surface area contributed by atoms with Crippen molar-refractivity contribution in [1.29, 1.82) is 0 Å². The van der Waals surface area contributed by atoms with Gasteiger partial charge in [-0.15, -0.1) is 0 Å². The molecule has 0 radical (unpaired) electrons. The zero-order chi connectivity index (χ0) is 13.5. The van der Waals surface area contributed by atoms with E-state index in [4.69, 9.17) is 14.9 Å². The van der Waals surface area contributed by atoms with Gasteiger partial charge in [0, 0.05) is 13.1 Å². The molecule has 1 saturated heterocycles. The van der Waals surface area contributed by atoms with E-state index < -0.39 is 0 Å². The summed E-state index contributed by atoms with van der Waals surface area (Å²) in [4.78, 5) is 17.5. The van der Waals surface area contributed by atoms with E-state index in [1.165, 1.54) is 0 Å². The van der Waals surface area contributed by atoms with E-state index >= 15 is 0 Å². The van der Waals surface area contributed by atoms with Gasteiger partial charge in [0.05, 0.1) is 26.0 Å². The van der Waals surface area contributed by atoms with Crippen LogP contribution in [-0.4, -0.2) is 49.6 Å². The molecule has 7 heteroatoms. The third-order valence-electron chi connectivity index (χ3n) is 2.76. The van der Waals surface area contributed by atoms with Crippen molar-refractivity contribution in [2.24, 2.45) is 10.7 Å². The maximum absolute atomic E-state index is 11.6. The molecule has 0 unspecified atom stereocenters. The number of carbonyl (C=O) groups is 1. The van der Waals surface area contributed by atoms with E-state index in [-0.39, 0.29) is 12.5 Å². The summed E-state index contributed by atoms with van der Waals surface area (Å²) in [5.41, 5.74) is 5.81. The Morgan fingerprint density at radius 2 is 2.26 bits per heavy atom. The van der Waals surface area contributed by atoms with Crippen LogP contribution >= 0.6 is 0 Å². The standard InChI is InChI=1S/C12H18N4O3/c13-12(16-3-6-18-7-4-16)15-9-11(17)14-8-10-2-1-5-19-10/h1-2,5H,3-4,6-9H2,(H2,13,15)(H,14,17). The highest BCUT2D eigenvalue weighted by atomic mass is 16.5. The molecule has 0 bridgehead atoms. The van der Waals surface area contributed by atoms with Crippen molar-refractivity contribution in [3.8, 4) is 0 Å². The number of rotatable bonds is 4. The molecule has 3 N–H and O–H groups in total. The van der Waals surface area contributed by atoms with E-state index in [2.05, 4.69) is 10.3 Å². The van der Waals surface area contributed by atoms with Crippen LogP contribution in [0.1, 0.15) is 5.76 Å². The third-order valence-corrected chi connectivity index (χ3v) is 2.76. The molecule has 1 aromatic rings. The van der Waals surface area contributed by atoms with E-state index in [1.807, 2.05) is 4.90 Å². The van der Waals surface area contributed by atoms with Gasteiger partial charge >= 0.3 is 0 Å². The number of morpholine rings is 1. The first-order chi connectivity index (χ1) is 9.25. The van der Waals surface area contributed by atoms with Crippen molar-refractivity contribution in [3.05, 3.63) is 24.2 Å². The van der Waals surface area contributed by atoms with Crippen LogP contribution in [0, 0.1) is 0 Å². The van der Waals surface area contributed by atoms with Crippen molar-refractivity contribution in [3.63, 3.8) is 0 Å². The number of nitrogens with zero attached hydrogens (tertiary/aromatic N) is 2. The number of furan rings is 1. The number of aliphatic imine (C=N–C) groups is 1. The van der Waals surface area contributed by atoms with Gasteiger partial charge in [-0.05, 0) is 12.1 Å². The van der Waals surface area contributed by atoms with Crippen LogP contribution in [0.4, 0.5) is 0 Å². The van der Waals surface area contributed by atoms with E-state index in [1.54, 1.807) is 18.4 Å². The molecule has 0 atom stereocenters. The lowest BCUT2D eigenvalue weighted by Gasteiger charge is -2.27. The van der Waals surface area contributed by atoms with Crippen LogP contribution in [0.5, 0.6) is 0 Å². The van der Waals surface area contributed by atoms with Gasteiger partial charge < -0.3 is 25.1 Å². The molecular weight excluding hydrogens is 248 g/mol. The zero-order valence-corrected chi connectivity index (χ0v) is 10.7. The maximum Gasteiger partial charge on any atom is 0.242 e. The second-order valence-electron chi connectivity index (χ2n) is 4.13. The minimum Gasteiger partial charge on any atom is -0.467 e. The minimum atomic E-state index is -0.187. The Labute approximate surface area is 111 Å². The Balaban J connectivity index is 1.72. The summed E-state index contributed by atoms with van der Waals surface area (Å²) in [6.07, 6.45) is 1.57. The van der Waals surface area contributed by atoms with Crippen LogP contribution in [0.3, 0.4) is 0 Å². The van der Waals surface area contributed by atoms with Gasteiger partial charge in [-0.2, -0.15) is 0 Å². The quantitative estimate of drug-likeness (QED) is 0.568. The van der Waals surface area contributed by atoms with Gasteiger partial charge in [-0.3, -0.25) is 4.79 Å². The maximum atomic E-state index is 11.6. The number of carbonyl (C=O) groups excluding carboxylic acids is 1. The van der Waals surface area contributed by atoms with Crippen LogP contribution in [0.25, 0.3) is 0 Å². The fourth-order valence-electron chi connectivity index (χ4n) is 1.70. The molecule has 1 aromatic heterocycles. The molecule has 0 spiro atoms. The highest BCUT2D eigenvalue weighted by Crippen LogP contribution is 1.98. The first kappa shape index (κ1) is 13.4. The van der Waals surface area contributed by atoms with E-state index in [9.17, 15) is 4.79 Å². The average molecular weight is 266 g/mol. The van der Waals surface area contributed by atoms with Crippen molar-refractivity contribution in [2.75, 3.05) is 32.8 Å². The number of nitrogens with one attached hydrogen (secondary N) is 1. The molecule has 1 aliphatic rings. The molecule has 19 heavy (non-hydrogen) atoms. The fraction of sp³-hybridized carbons (Fsp3) is 0.500. The summed E-state index contributed by atoms with van der Waals surface area (Å²) in [6.45, 7) is 3.08. The van der Waals surface area contributed by atoms with Crippen LogP contribution in [0.2, 0.25) is 0 Å². The Kier molecular flexibility index (Phi) is 4.79. The molecule has 7 nitrogen and oxygen atoms in total. The normalized spacial score (nSPS) is 16.4. The smallest absolute Gasteiger partial charge is 0.242 e. The predicted octanol–water partition coefficient (Wildman–Crippen LogP) is -0.457. The van der Waals surface area contributed by atoms with Gasteiger partial charge in [0.15, 0.2) is 5.96 Å². The first-order valence-electron chi connectivity index (χ1n) is 6.17. The monoisotopic (exact) mass is 266 g/mol. The summed E-state index contributed by atoms with van der Waals surface area (Å²) in [5.74, 6) is 0.905. The van der Waals surface area contributed by atoms with Gasteiger partial charge in [0.1, 0.15) is 12.3 Å². The SMILES string of the molecule is NC(=NCC(=O)NCc1ccco1)N1CCOCC1. The second-order valence-corrected chi connectivity index (χ2v) is 4.13. The van der Waals surface area contributed by atoms with Crippen LogP contribution in [0.15, 0.2) is 27.8 Å². The molecule has 1 fully saturated rings. The number of nitrogens with two attached hydrogens (primary N) is 1. The topological polar surface area (TPSA) is 93.1 Å². The number of hydrogen-bond acceptors (Lipinski definition) is 4. The molecule has 1 amide bonds. The van der Waals surface area contributed by atoms with Gasteiger partial charge in [-0.25, -0.2) is 4.99 Å². The molecule has 104 valence electrons. The second kappa shape index (κ2) is 6.79. The number of ether oxygens (including phenoxy) is 1. The summed E-state index contributed by atoms with van der Waals surface area (Å²) in [7, 11) is 0. The molecule has 2 heterocycles. The fourth-order valence-corrected chi connectivity index (χ4v) is 1.70. The molecule has 0 aliphatic carbocycles. The summed E-state index contributed by atoms with van der Waals surface area (Å²) in [5, 5.41) is 2.70. The summed E-state index contributed by atoms with van der Waals surface area (Å²) in [6, 6.07) is 3.57. The first-order valence-corrected chi connectivity index (χ1v) is 6.17. The molecule has 1 aliphatic heterocycles. The summed E-state index contributed by atoms with van der Waals surface area (Å²) < 4.78 is 10.3. The minimum absolute atomic E-state index is 0.0178. The lowest BCUT2D eigenvalue weighted by molar-refractivity contribution is -0.119. The molecular formula is C12H18N4O3. The molecule has 0 saturated carbocycles. The Bertz CT molecular complexity index is 424. The molecule has 0 aromatic carbocycles.